The number of unbranched alkanes of at least 4 members (excludes halogenated alkanes) is 13. The summed E-state index contributed by atoms with van der Waals surface area (Å²) in [4.78, 5) is 13.3. The first-order valence-corrected chi connectivity index (χ1v) is 14.2. The molecule has 202 valence electrons. The first-order valence-electron chi connectivity index (χ1n) is 14.2. The summed E-state index contributed by atoms with van der Waals surface area (Å²) in [6.45, 7) is 5.17. The summed E-state index contributed by atoms with van der Waals surface area (Å²) in [6, 6.07) is 0.273. The van der Waals surface area contributed by atoms with E-state index >= 15 is 0 Å². The van der Waals surface area contributed by atoms with Crippen LogP contribution >= 0.6 is 0 Å². The molecule has 1 unspecified atom stereocenters. The summed E-state index contributed by atoms with van der Waals surface area (Å²) in [5.41, 5.74) is 0. The van der Waals surface area contributed by atoms with E-state index in [0.29, 0.717) is 26.2 Å². The number of likely N-dealkylation sites (N-methyl/N-ethyl adjacent to an activating group) is 1. The zero-order valence-electron chi connectivity index (χ0n) is 23.2. The number of nitrogens with zero attached hydrogens (tertiary/aromatic N) is 1. The van der Waals surface area contributed by atoms with Gasteiger partial charge in [0.25, 0.3) is 0 Å². The molecule has 0 aromatic rings. The van der Waals surface area contributed by atoms with Gasteiger partial charge in [0, 0.05) is 19.6 Å². The number of ether oxygens (including phenoxy) is 3. The van der Waals surface area contributed by atoms with E-state index in [1.807, 2.05) is 0 Å². The Kier molecular flexibility index (Phi) is 26.0. The molecule has 0 aliphatic carbocycles. The molecule has 1 atom stereocenters. The molecule has 0 heterocycles. The van der Waals surface area contributed by atoms with Crippen LogP contribution in [0.3, 0.4) is 0 Å². The van der Waals surface area contributed by atoms with Crippen LogP contribution in [0, 0.1) is 0 Å². The van der Waals surface area contributed by atoms with Crippen molar-refractivity contribution in [2.75, 3.05) is 47.6 Å². The molecule has 0 rings (SSSR count). The Hall–Kier alpha value is -0.910. The first kappa shape index (κ1) is 33.1. The van der Waals surface area contributed by atoms with E-state index in [4.69, 9.17) is 9.47 Å². The van der Waals surface area contributed by atoms with Crippen molar-refractivity contribution in [2.24, 2.45) is 0 Å². The van der Waals surface area contributed by atoms with E-state index in [2.05, 4.69) is 42.8 Å². The molecular formula is C29H57NO4. The number of carbonyl (C=O) groups excluding carboxylic acids is 1. The highest BCUT2D eigenvalue weighted by atomic mass is 16.5. The van der Waals surface area contributed by atoms with Gasteiger partial charge in [0.1, 0.15) is 0 Å². The maximum atomic E-state index is 11.1. The standard InChI is InChI=1S/C29H57NO4/c1-5-6-7-8-9-10-11-12-13-14-15-16-17-18-19-21-24-33-26-28(30(2)3)27-34-25-22-20-23-29(31)32-4/h12-13,28H,5-11,14-27H2,1-4H3/b13-12+. The maximum Gasteiger partial charge on any atom is 0.305 e. The van der Waals surface area contributed by atoms with Gasteiger partial charge >= 0.3 is 5.97 Å². The zero-order valence-corrected chi connectivity index (χ0v) is 23.2. The van der Waals surface area contributed by atoms with Crippen molar-refractivity contribution in [3.63, 3.8) is 0 Å². The highest BCUT2D eigenvalue weighted by Crippen LogP contribution is 2.10. The molecule has 0 bridgehead atoms. The number of hydrogen-bond donors (Lipinski definition) is 0. The second kappa shape index (κ2) is 26.7. The predicted octanol–water partition coefficient (Wildman–Crippen LogP) is 7.33. The molecule has 0 radical (unpaired) electrons. The lowest BCUT2D eigenvalue weighted by molar-refractivity contribution is -0.140. The molecule has 5 nitrogen and oxygen atoms in total. The van der Waals surface area contributed by atoms with E-state index in [-0.39, 0.29) is 12.0 Å². The molecular weight excluding hydrogens is 426 g/mol. The van der Waals surface area contributed by atoms with Gasteiger partial charge in [-0.15, -0.1) is 0 Å². The van der Waals surface area contributed by atoms with Crippen molar-refractivity contribution in [1.82, 2.24) is 4.90 Å². The van der Waals surface area contributed by atoms with Crippen LogP contribution in [-0.2, 0) is 19.0 Å². The minimum atomic E-state index is -0.147. The van der Waals surface area contributed by atoms with E-state index in [1.54, 1.807) is 0 Å². The average molecular weight is 484 g/mol. The third-order valence-corrected chi connectivity index (χ3v) is 6.30. The summed E-state index contributed by atoms with van der Waals surface area (Å²) in [5, 5.41) is 0. The Morgan fingerprint density at radius 1 is 0.706 bits per heavy atom. The lowest BCUT2D eigenvalue weighted by Gasteiger charge is -2.24. The highest BCUT2D eigenvalue weighted by molar-refractivity contribution is 5.68. The molecule has 5 heteroatoms. The molecule has 0 aliphatic heterocycles. The molecule has 0 spiro atoms. The van der Waals surface area contributed by atoms with Gasteiger partial charge in [-0.25, -0.2) is 0 Å². The molecule has 0 saturated carbocycles. The van der Waals surface area contributed by atoms with Crippen LogP contribution in [-0.4, -0.2) is 64.5 Å². The Bertz CT molecular complexity index is 453. The van der Waals surface area contributed by atoms with Gasteiger partial charge in [-0.3, -0.25) is 4.79 Å². The van der Waals surface area contributed by atoms with Gasteiger partial charge in [0.2, 0.25) is 0 Å². The summed E-state index contributed by atoms with van der Waals surface area (Å²) in [5.74, 6) is -0.147. The van der Waals surface area contributed by atoms with Crippen LogP contribution < -0.4 is 0 Å². The number of hydrogen-bond acceptors (Lipinski definition) is 5. The number of methoxy groups -OCH3 is 1. The smallest absolute Gasteiger partial charge is 0.305 e. The molecule has 0 aromatic carbocycles. The van der Waals surface area contributed by atoms with Crippen LogP contribution in [0.5, 0.6) is 0 Å². The van der Waals surface area contributed by atoms with Crippen LogP contribution in [0.1, 0.15) is 116 Å². The lowest BCUT2D eigenvalue weighted by Crippen LogP contribution is -2.37. The van der Waals surface area contributed by atoms with Gasteiger partial charge in [-0.2, -0.15) is 0 Å². The molecule has 0 amide bonds. The quantitative estimate of drug-likeness (QED) is 0.0732. The molecule has 0 aromatic heterocycles. The molecule has 0 fully saturated rings. The normalized spacial score (nSPS) is 12.6. The Morgan fingerprint density at radius 2 is 1.18 bits per heavy atom. The van der Waals surface area contributed by atoms with Crippen LogP contribution in [0.15, 0.2) is 12.2 Å². The fourth-order valence-corrected chi connectivity index (χ4v) is 3.81. The lowest BCUT2D eigenvalue weighted by atomic mass is 10.1. The molecule has 0 N–H and O–H groups in total. The fraction of sp³-hybridized carbons (Fsp3) is 0.897. The largest absolute Gasteiger partial charge is 0.469 e. The third kappa shape index (κ3) is 24.2. The van der Waals surface area contributed by atoms with Gasteiger partial charge in [-0.05, 0) is 59.0 Å². The topological polar surface area (TPSA) is 48.0 Å². The van der Waals surface area contributed by atoms with Crippen LogP contribution in [0.2, 0.25) is 0 Å². The minimum Gasteiger partial charge on any atom is -0.469 e. The number of esters is 1. The second-order valence-corrected chi connectivity index (χ2v) is 9.74. The monoisotopic (exact) mass is 483 g/mol. The van der Waals surface area contributed by atoms with E-state index in [0.717, 1.165) is 25.9 Å². The van der Waals surface area contributed by atoms with Gasteiger partial charge in [0.05, 0.1) is 26.4 Å². The van der Waals surface area contributed by atoms with Gasteiger partial charge in [0.15, 0.2) is 0 Å². The van der Waals surface area contributed by atoms with E-state index in [1.165, 1.54) is 90.6 Å². The number of allylic oxidation sites excluding steroid dienone is 2. The Labute approximate surface area is 212 Å². The predicted molar refractivity (Wildman–Crippen MR) is 144 cm³/mol. The van der Waals surface area contributed by atoms with Crippen molar-refractivity contribution < 1.29 is 19.0 Å². The molecule has 0 aliphatic rings. The summed E-state index contributed by atoms with van der Waals surface area (Å²) in [7, 11) is 5.56. The minimum absolute atomic E-state index is 0.147. The first-order chi connectivity index (χ1) is 16.6. The Balaban J connectivity index is 3.44. The summed E-state index contributed by atoms with van der Waals surface area (Å²) >= 11 is 0. The highest BCUT2D eigenvalue weighted by Gasteiger charge is 2.12. The second-order valence-electron chi connectivity index (χ2n) is 9.74. The molecule has 0 saturated heterocycles. The Morgan fingerprint density at radius 3 is 1.68 bits per heavy atom. The van der Waals surface area contributed by atoms with Crippen molar-refractivity contribution in [3.8, 4) is 0 Å². The van der Waals surface area contributed by atoms with Crippen LogP contribution in [0.25, 0.3) is 0 Å². The number of rotatable bonds is 26. The zero-order chi connectivity index (χ0) is 25.1. The maximum absolute atomic E-state index is 11.1. The van der Waals surface area contributed by atoms with Gasteiger partial charge in [-0.1, -0.05) is 76.9 Å². The summed E-state index contributed by atoms with van der Waals surface area (Å²) < 4.78 is 16.3. The van der Waals surface area contributed by atoms with E-state index < -0.39 is 0 Å². The van der Waals surface area contributed by atoms with Crippen LogP contribution in [0.4, 0.5) is 0 Å². The summed E-state index contributed by atoms with van der Waals surface area (Å²) in [6.07, 6.45) is 25.5. The van der Waals surface area contributed by atoms with Crippen molar-refractivity contribution in [2.45, 2.75) is 122 Å². The van der Waals surface area contributed by atoms with Crippen molar-refractivity contribution in [3.05, 3.63) is 12.2 Å². The third-order valence-electron chi connectivity index (χ3n) is 6.30. The average Bonchev–Trinajstić information content (AvgIpc) is 2.83. The SMILES string of the molecule is CCCCCCCC/C=C/CCCCCCCCOCC(COCCCCC(=O)OC)N(C)C. The van der Waals surface area contributed by atoms with E-state index in [9.17, 15) is 4.79 Å². The molecule has 34 heavy (non-hydrogen) atoms. The fourth-order valence-electron chi connectivity index (χ4n) is 3.81. The van der Waals surface area contributed by atoms with Gasteiger partial charge < -0.3 is 19.1 Å². The van der Waals surface area contributed by atoms with Crippen molar-refractivity contribution in [1.29, 1.82) is 0 Å². The number of carbonyl (C=O) groups is 1. The van der Waals surface area contributed by atoms with Crippen molar-refractivity contribution >= 4 is 5.97 Å².